The zero-order valence-corrected chi connectivity index (χ0v) is 8.36. The number of nitrogens with one attached hydrogen (secondary N) is 2. The summed E-state index contributed by atoms with van der Waals surface area (Å²) in [6.07, 6.45) is 0.240. The van der Waals surface area contributed by atoms with Crippen molar-refractivity contribution in [2.75, 3.05) is 31.9 Å². The fourth-order valence-electron chi connectivity index (χ4n) is 1.56. The molecule has 1 amide bonds. The van der Waals surface area contributed by atoms with Crippen molar-refractivity contribution < 1.29 is 4.79 Å². The third-order valence-corrected chi connectivity index (χ3v) is 2.34. The predicted molar refractivity (Wildman–Crippen MR) is 53.9 cm³/mol. The maximum Gasteiger partial charge on any atom is 0.239 e. The molecule has 4 N–H and O–H groups in total. The number of nitrogens with two attached hydrogens (primary N) is 1. The molecule has 2 heterocycles. The van der Waals surface area contributed by atoms with Gasteiger partial charge in [0, 0.05) is 26.2 Å². The van der Waals surface area contributed by atoms with Crippen LogP contribution in [-0.4, -0.2) is 52.2 Å². The van der Waals surface area contributed by atoms with E-state index in [0.717, 1.165) is 26.2 Å². The molecule has 15 heavy (non-hydrogen) atoms. The van der Waals surface area contributed by atoms with E-state index in [0.29, 0.717) is 5.82 Å². The summed E-state index contributed by atoms with van der Waals surface area (Å²) < 4.78 is 0. The SMILES string of the molecule is Nc1n[nH]c(CC(=O)N2CCNCC2)n1. The van der Waals surface area contributed by atoms with Crippen molar-refractivity contribution in [1.29, 1.82) is 0 Å². The molecule has 0 bridgehead atoms. The van der Waals surface area contributed by atoms with Gasteiger partial charge in [-0.1, -0.05) is 0 Å². The highest BCUT2D eigenvalue weighted by Crippen LogP contribution is 2.00. The number of piperazine rings is 1. The first-order chi connectivity index (χ1) is 7.25. The average molecular weight is 210 g/mol. The van der Waals surface area contributed by atoms with Gasteiger partial charge in [-0.25, -0.2) is 0 Å². The molecule has 1 aliphatic heterocycles. The summed E-state index contributed by atoms with van der Waals surface area (Å²) in [5.41, 5.74) is 5.34. The highest BCUT2D eigenvalue weighted by atomic mass is 16.2. The Morgan fingerprint density at radius 3 is 2.80 bits per heavy atom. The minimum absolute atomic E-state index is 0.0626. The number of carbonyl (C=O) groups excluding carboxylic acids is 1. The lowest BCUT2D eigenvalue weighted by Gasteiger charge is -2.27. The molecule has 0 saturated carbocycles. The molecule has 2 rings (SSSR count). The van der Waals surface area contributed by atoms with E-state index in [9.17, 15) is 4.79 Å². The molecule has 0 atom stereocenters. The Labute approximate surface area is 87.0 Å². The number of rotatable bonds is 2. The molecule has 1 saturated heterocycles. The van der Waals surface area contributed by atoms with Gasteiger partial charge in [-0.15, -0.1) is 5.10 Å². The van der Waals surface area contributed by atoms with Crippen molar-refractivity contribution in [3.8, 4) is 0 Å². The van der Waals surface area contributed by atoms with Crippen LogP contribution in [0.2, 0.25) is 0 Å². The quantitative estimate of drug-likeness (QED) is 0.543. The van der Waals surface area contributed by atoms with E-state index in [1.807, 2.05) is 4.90 Å². The van der Waals surface area contributed by atoms with Gasteiger partial charge in [0.05, 0.1) is 6.42 Å². The van der Waals surface area contributed by atoms with Gasteiger partial charge >= 0.3 is 0 Å². The molecule has 0 radical (unpaired) electrons. The number of hydrogen-bond acceptors (Lipinski definition) is 5. The van der Waals surface area contributed by atoms with Gasteiger partial charge < -0.3 is 16.0 Å². The van der Waals surface area contributed by atoms with Crippen LogP contribution in [-0.2, 0) is 11.2 Å². The van der Waals surface area contributed by atoms with Gasteiger partial charge in [0.15, 0.2) is 0 Å². The van der Waals surface area contributed by atoms with Crippen LogP contribution in [0.25, 0.3) is 0 Å². The molecule has 0 spiro atoms. The van der Waals surface area contributed by atoms with Crippen molar-refractivity contribution in [3.63, 3.8) is 0 Å². The zero-order chi connectivity index (χ0) is 10.7. The van der Waals surface area contributed by atoms with Crippen LogP contribution in [0.3, 0.4) is 0 Å². The summed E-state index contributed by atoms with van der Waals surface area (Å²) in [6, 6.07) is 0. The maximum atomic E-state index is 11.7. The Morgan fingerprint density at radius 2 is 2.20 bits per heavy atom. The second-order valence-electron chi connectivity index (χ2n) is 3.45. The number of hydrogen-bond donors (Lipinski definition) is 3. The molecule has 82 valence electrons. The lowest BCUT2D eigenvalue weighted by atomic mass is 10.3. The van der Waals surface area contributed by atoms with Crippen molar-refractivity contribution >= 4 is 11.9 Å². The van der Waals surface area contributed by atoms with E-state index < -0.39 is 0 Å². The van der Waals surface area contributed by atoms with E-state index in [-0.39, 0.29) is 18.3 Å². The number of H-pyrrole nitrogens is 1. The van der Waals surface area contributed by atoms with Crippen molar-refractivity contribution in [2.24, 2.45) is 0 Å². The average Bonchev–Trinajstić information content (AvgIpc) is 2.65. The second kappa shape index (κ2) is 4.26. The van der Waals surface area contributed by atoms with Crippen LogP contribution in [0.4, 0.5) is 5.95 Å². The molecule has 1 aliphatic rings. The van der Waals surface area contributed by atoms with Gasteiger partial charge in [0.2, 0.25) is 11.9 Å². The van der Waals surface area contributed by atoms with Crippen LogP contribution in [0.15, 0.2) is 0 Å². The molecular formula is C8H14N6O. The monoisotopic (exact) mass is 210 g/mol. The third kappa shape index (κ3) is 2.44. The smallest absolute Gasteiger partial charge is 0.239 e. The lowest BCUT2D eigenvalue weighted by Crippen LogP contribution is -2.47. The number of aromatic amines is 1. The van der Waals surface area contributed by atoms with Gasteiger partial charge in [-0.2, -0.15) is 4.98 Å². The van der Waals surface area contributed by atoms with Crippen LogP contribution in [0.5, 0.6) is 0 Å². The number of nitrogen functional groups attached to an aromatic ring is 1. The van der Waals surface area contributed by atoms with Crippen LogP contribution >= 0.6 is 0 Å². The summed E-state index contributed by atoms with van der Waals surface area (Å²) in [5, 5.41) is 9.49. The number of anilines is 1. The number of carbonyl (C=O) groups is 1. The molecule has 0 aromatic carbocycles. The van der Waals surface area contributed by atoms with E-state index in [2.05, 4.69) is 20.5 Å². The van der Waals surface area contributed by atoms with E-state index in [4.69, 9.17) is 5.73 Å². The molecule has 1 aromatic rings. The molecule has 0 unspecified atom stereocenters. The highest BCUT2D eigenvalue weighted by Gasteiger charge is 2.17. The third-order valence-electron chi connectivity index (χ3n) is 2.34. The van der Waals surface area contributed by atoms with Gasteiger partial charge in [0.25, 0.3) is 0 Å². The van der Waals surface area contributed by atoms with Crippen LogP contribution < -0.4 is 11.1 Å². The summed E-state index contributed by atoms with van der Waals surface area (Å²) in [5.74, 6) is 0.766. The van der Waals surface area contributed by atoms with Crippen molar-refractivity contribution in [3.05, 3.63) is 5.82 Å². The fourth-order valence-corrected chi connectivity index (χ4v) is 1.56. The standard InChI is InChI=1S/C8H14N6O/c9-8-11-6(12-13-8)5-7(15)14-3-1-10-2-4-14/h10H,1-5H2,(H3,9,11,12,13). The molecule has 0 aliphatic carbocycles. The minimum atomic E-state index is 0.0626. The molecule has 7 heteroatoms. The normalized spacial score (nSPS) is 16.7. The molecule has 1 fully saturated rings. The maximum absolute atomic E-state index is 11.7. The molecular weight excluding hydrogens is 196 g/mol. The Balaban J connectivity index is 1.91. The minimum Gasteiger partial charge on any atom is -0.367 e. The van der Waals surface area contributed by atoms with Gasteiger partial charge in [0.1, 0.15) is 5.82 Å². The zero-order valence-electron chi connectivity index (χ0n) is 8.36. The first-order valence-corrected chi connectivity index (χ1v) is 4.91. The van der Waals surface area contributed by atoms with Crippen LogP contribution in [0.1, 0.15) is 5.82 Å². The Bertz CT molecular complexity index is 343. The predicted octanol–water partition coefficient (Wildman–Crippen LogP) is -1.64. The fraction of sp³-hybridized carbons (Fsp3) is 0.625. The second-order valence-corrected chi connectivity index (χ2v) is 3.45. The van der Waals surface area contributed by atoms with Gasteiger partial charge in [-0.3, -0.25) is 9.89 Å². The van der Waals surface area contributed by atoms with E-state index >= 15 is 0 Å². The summed E-state index contributed by atoms with van der Waals surface area (Å²) in [4.78, 5) is 17.5. The largest absolute Gasteiger partial charge is 0.367 e. The lowest BCUT2D eigenvalue weighted by molar-refractivity contribution is -0.131. The highest BCUT2D eigenvalue weighted by molar-refractivity contribution is 5.78. The van der Waals surface area contributed by atoms with Crippen molar-refractivity contribution in [2.45, 2.75) is 6.42 Å². The Hall–Kier alpha value is -1.63. The van der Waals surface area contributed by atoms with E-state index in [1.54, 1.807) is 0 Å². The first-order valence-electron chi connectivity index (χ1n) is 4.91. The summed E-state index contributed by atoms with van der Waals surface area (Å²) >= 11 is 0. The topological polar surface area (TPSA) is 99.9 Å². The Morgan fingerprint density at radius 1 is 1.47 bits per heavy atom. The number of nitrogens with zero attached hydrogens (tertiary/aromatic N) is 3. The number of aromatic nitrogens is 3. The van der Waals surface area contributed by atoms with Crippen molar-refractivity contribution in [1.82, 2.24) is 25.4 Å². The molecule has 7 nitrogen and oxygen atoms in total. The van der Waals surface area contributed by atoms with Gasteiger partial charge in [-0.05, 0) is 0 Å². The number of amides is 1. The molecule has 1 aromatic heterocycles. The summed E-state index contributed by atoms with van der Waals surface area (Å²) in [7, 11) is 0. The van der Waals surface area contributed by atoms with Crippen LogP contribution in [0, 0.1) is 0 Å². The van der Waals surface area contributed by atoms with E-state index in [1.165, 1.54) is 0 Å². The summed E-state index contributed by atoms with van der Waals surface area (Å²) in [6.45, 7) is 3.21. The first kappa shape index (κ1) is 9.91. The Kier molecular flexibility index (Phi) is 2.82.